The lowest BCUT2D eigenvalue weighted by Crippen LogP contribution is -2.26. The lowest BCUT2D eigenvalue weighted by molar-refractivity contribution is 0.981. The van der Waals surface area contributed by atoms with Gasteiger partial charge in [-0.1, -0.05) is 116 Å². The van der Waals surface area contributed by atoms with Crippen molar-refractivity contribution in [2.75, 3.05) is 0 Å². The molecule has 0 fully saturated rings. The quantitative estimate of drug-likeness (QED) is 0.192. The summed E-state index contributed by atoms with van der Waals surface area (Å²) in [4.78, 5) is 5.53. The van der Waals surface area contributed by atoms with Crippen LogP contribution in [0.1, 0.15) is 25.3 Å². The van der Waals surface area contributed by atoms with E-state index in [9.17, 15) is 0 Å². The van der Waals surface area contributed by atoms with Crippen molar-refractivity contribution in [1.82, 2.24) is 4.57 Å². The van der Waals surface area contributed by atoms with Crippen LogP contribution in [0.5, 0.6) is 0 Å². The Morgan fingerprint density at radius 3 is 2.13 bits per heavy atom. The lowest BCUT2D eigenvalue weighted by atomic mass is 9.88. The highest BCUT2D eigenvalue weighted by molar-refractivity contribution is 6.31. The normalized spacial score (nSPS) is 14.7. The van der Waals surface area contributed by atoms with Crippen LogP contribution in [-0.4, -0.2) is 4.57 Å². The Labute approximate surface area is 267 Å². The first kappa shape index (κ1) is 25.6. The van der Waals surface area contributed by atoms with Crippen LogP contribution < -0.4 is 10.6 Å². The van der Waals surface area contributed by atoms with Gasteiger partial charge >= 0.3 is 0 Å². The van der Waals surface area contributed by atoms with Crippen molar-refractivity contribution in [1.29, 1.82) is 0 Å². The largest absolute Gasteiger partial charge is 0.309 e. The van der Waals surface area contributed by atoms with Gasteiger partial charge < -0.3 is 4.57 Å². The number of fused-ring (bicyclic) bond motifs is 6. The summed E-state index contributed by atoms with van der Waals surface area (Å²) in [6.45, 7) is 4.63. The van der Waals surface area contributed by atoms with Gasteiger partial charge in [-0.15, -0.1) is 0 Å². The molecule has 0 unspecified atom stereocenters. The van der Waals surface area contributed by atoms with E-state index in [1.54, 1.807) is 0 Å². The molecule has 0 N–H and O–H groups in total. The first-order chi connectivity index (χ1) is 22.7. The maximum Gasteiger partial charge on any atom is 0.0754 e. The Bertz CT molecular complexity index is 2710. The van der Waals surface area contributed by atoms with Crippen LogP contribution in [0.4, 0.5) is 5.69 Å². The molecule has 10 rings (SSSR count). The van der Waals surface area contributed by atoms with Gasteiger partial charge in [-0.2, -0.15) is 0 Å². The van der Waals surface area contributed by atoms with Crippen molar-refractivity contribution in [3.05, 3.63) is 156 Å². The highest BCUT2D eigenvalue weighted by atomic mass is 15.0. The fraction of sp³-hybridized carbons (Fsp3) is 0.0682. The fourth-order valence-corrected chi connectivity index (χ4v) is 8.15. The SMILES string of the molecule is CC1=c2ccccc2=Nc2c(cc3c4c(ccc5c4c4c2cccc4n5-c2cccc(-c4ccccc4)c2)-c2ccccc2-3)[C@@H]1C. The van der Waals surface area contributed by atoms with E-state index in [1.165, 1.54) is 82.3 Å². The highest BCUT2D eigenvalue weighted by Gasteiger charge is 2.28. The number of hydrogen-bond acceptors (Lipinski definition) is 1. The minimum Gasteiger partial charge on any atom is -0.309 e. The number of hydrogen-bond donors (Lipinski definition) is 0. The number of para-hydroxylation sites is 1. The number of rotatable bonds is 2. The maximum atomic E-state index is 5.53. The topological polar surface area (TPSA) is 17.3 Å². The number of aromatic nitrogens is 1. The van der Waals surface area contributed by atoms with Gasteiger partial charge in [0.05, 0.1) is 22.1 Å². The van der Waals surface area contributed by atoms with Crippen molar-refractivity contribution < 1.29 is 0 Å². The molecule has 216 valence electrons. The summed E-state index contributed by atoms with van der Waals surface area (Å²) in [5.41, 5.74) is 14.9. The van der Waals surface area contributed by atoms with Gasteiger partial charge in [0, 0.05) is 33.2 Å². The molecular weight excluding hydrogens is 556 g/mol. The predicted molar refractivity (Wildman–Crippen MR) is 193 cm³/mol. The Morgan fingerprint density at radius 2 is 1.26 bits per heavy atom. The fourth-order valence-electron chi connectivity index (χ4n) is 8.15. The predicted octanol–water partition coefficient (Wildman–Crippen LogP) is 10.5. The van der Waals surface area contributed by atoms with Crippen molar-refractivity contribution in [2.24, 2.45) is 4.99 Å². The summed E-state index contributed by atoms with van der Waals surface area (Å²) >= 11 is 0. The lowest BCUT2D eigenvalue weighted by Gasteiger charge is -2.16. The Kier molecular flexibility index (Phi) is 5.22. The molecule has 1 aliphatic carbocycles. The second-order valence-electron chi connectivity index (χ2n) is 12.8. The third-order valence-electron chi connectivity index (χ3n) is 10.5. The maximum absolute atomic E-state index is 5.53. The monoisotopic (exact) mass is 586 g/mol. The summed E-state index contributed by atoms with van der Waals surface area (Å²) in [6.07, 6.45) is 0. The molecule has 2 nitrogen and oxygen atoms in total. The minimum absolute atomic E-state index is 0.201. The summed E-state index contributed by atoms with van der Waals surface area (Å²) < 4.78 is 2.47. The van der Waals surface area contributed by atoms with Crippen molar-refractivity contribution >= 4 is 43.8 Å². The average Bonchev–Trinajstić information content (AvgIpc) is 3.58. The zero-order valence-corrected chi connectivity index (χ0v) is 25.8. The average molecular weight is 587 g/mol. The van der Waals surface area contributed by atoms with Crippen LogP contribution in [0.2, 0.25) is 0 Å². The van der Waals surface area contributed by atoms with E-state index in [2.05, 4.69) is 158 Å². The second kappa shape index (κ2) is 9.39. The van der Waals surface area contributed by atoms with E-state index in [4.69, 9.17) is 4.99 Å². The summed E-state index contributed by atoms with van der Waals surface area (Å²) in [6, 6.07) is 51.1. The molecule has 1 aliphatic heterocycles. The smallest absolute Gasteiger partial charge is 0.0754 e. The first-order valence-electron chi connectivity index (χ1n) is 16.1. The molecule has 0 bridgehead atoms. The zero-order chi connectivity index (χ0) is 30.5. The minimum atomic E-state index is 0.201. The molecular formula is C44H30N2. The van der Waals surface area contributed by atoms with Crippen molar-refractivity contribution in [2.45, 2.75) is 19.8 Å². The first-order valence-corrected chi connectivity index (χ1v) is 16.1. The third-order valence-corrected chi connectivity index (χ3v) is 10.5. The summed E-state index contributed by atoms with van der Waals surface area (Å²) in [5, 5.41) is 7.40. The van der Waals surface area contributed by atoms with Gasteiger partial charge in [0.1, 0.15) is 0 Å². The molecule has 1 atom stereocenters. The van der Waals surface area contributed by atoms with Gasteiger partial charge in [0.15, 0.2) is 0 Å². The van der Waals surface area contributed by atoms with Crippen molar-refractivity contribution in [3.63, 3.8) is 0 Å². The molecule has 7 aromatic carbocycles. The van der Waals surface area contributed by atoms with E-state index in [1.807, 2.05) is 0 Å². The molecule has 2 aliphatic rings. The van der Waals surface area contributed by atoms with Gasteiger partial charge in [0.2, 0.25) is 0 Å². The zero-order valence-electron chi connectivity index (χ0n) is 25.8. The van der Waals surface area contributed by atoms with Crippen LogP contribution in [0.25, 0.3) is 77.2 Å². The molecule has 0 radical (unpaired) electrons. The second-order valence-corrected chi connectivity index (χ2v) is 12.8. The van der Waals surface area contributed by atoms with Crippen LogP contribution in [0.3, 0.4) is 0 Å². The molecule has 8 aromatic rings. The van der Waals surface area contributed by atoms with E-state index in [0.29, 0.717) is 0 Å². The molecule has 1 aromatic heterocycles. The molecule has 2 heterocycles. The molecule has 0 saturated carbocycles. The Balaban J connectivity index is 1.43. The Morgan fingerprint density at radius 1 is 0.543 bits per heavy atom. The van der Waals surface area contributed by atoms with E-state index >= 15 is 0 Å². The highest BCUT2D eigenvalue weighted by Crippen LogP contribution is 2.53. The van der Waals surface area contributed by atoms with Crippen molar-refractivity contribution in [3.8, 4) is 39.1 Å². The summed E-state index contributed by atoms with van der Waals surface area (Å²) in [5.74, 6) is 0.201. The van der Waals surface area contributed by atoms with Crippen LogP contribution in [-0.2, 0) is 0 Å². The van der Waals surface area contributed by atoms with Crippen LogP contribution >= 0.6 is 0 Å². The molecule has 46 heavy (non-hydrogen) atoms. The molecule has 0 saturated heterocycles. The molecule has 2 heteroatoms. The van der Waals surface area contributed by atoms with Gasteiger partial charge in [-0.05, 0) is 87.5 Å². The Hall–Kier alpha value is -5.73. The van der Waals surface area contributed by atoms with E-state index < -0.39 is 0 Å². The summed E-state index contributed by atoms with van der Waals surface area (Å²) in [7, 11) is 0. The molecule has 0 spiro atoms. The van der Waals surface area contributed by atoms with Gasteiger partial charge in [-0.3, -0.25) is 0 Å². The van der Waals surface area contributed by atoms with Crippen LogP contribution in [0, 0.1) is 0 Å². The standard InChI is InChI=1S/C44H30N2/c1-26-27(2)36-25-37-33-18-7-6-17-32(33)34-22-23-40-43(41(34)37)42-35(44(36)45-38-20-9-8-16-31(26)38)19-11-21-39(42)46(40)30-15-10-14-29(24-30)28-12-4-3-5-13-28/h3-25,27H,1-2H3/t27-/m1/s1. The molecule has 0 amide bonds. The van der Waals surface area contributed by atoms with E-state index in [0.717, 1.165) is 16.7 Å². The van der Waals surface area contributed by atoms with Gasteiger partial charge in [0.25, 0.3) is 0 Å². The number of benzene rings is 6. The van der Waals surface area contributed by atoms with Gasteiger partial charge in [-0.25, -0.2) is 4.99 Å². The van der Waals surface area contributed by atoms with E-state index in [-0.39, 0.29) is 5.92 Å². The van der Waals surface area contributed by atoms with Crippen LogP contribution in [0.15, 0.2) is 145 Å². The third kappa shape index (κ3) is 3.39. The number of nitrogens with zero attached hydrogens (tertiary/aromatic N) is 2.